The Morgan fingerprint density at radius 2 is 2.03 bits per heavy atom. The quantitative estimate of drug-likeness (QED) is 0.269. The number of carbonyl (C=O) groups is 1. The summed E-state index contributed by atoms with van der Waals surface area (Å²) in [5, 5.41) is 31.3. The Balaban J connectivity index is 1.46. The van der Waals surface area contributed by atoms with Crippen LogP contribution in [0.1, 0.15) is 35.6 Å². The third kappa shape index (κ3) is 3.64. The Hall–Kier alpha value is -3.41. The maximum atomic E-state index is 13.5. The number of aliphatic hydroxyl groups is 3. The van der Waals surface area contributed by atoms with Gasteiger partial charge in [0.15, 0.2) is 11.9 Å². The van der Waals surface area contributed by atoms with Gasteiger partial charge in [0.25, 0.3) is 5.56 Å². The van der Waals surface area contributed by atoms with Crippen molar-refractivity contribution in [3.8, 4) is 11.4 Å². The summed E-state index contributed by atoms with van der Waals surface area (Å²) in [6, 6.07) is 9.24. The summed E-state index contributed by atoms with van der Waals surface area (Å²) in [7, 11) is 0. The molecule has 37 heavy (non-hydrogen) atoms. The van der Waals surface area contributed by atoms with Gasteiger partial charge >= 0.3 is 5.97 Å². The Morgan fingerprint density at radius 3 is 2.81 bits per heavy atom. The number of ether oxygens (including phenoxy) is 3. The monoisotopic (exact) mass is 506 g/mol. The fourth-order valence-electron chi connectivity index (χ4n) is 5.32. The third-order valence-electron chi connectivity index (χ3n) is 7.44. The zero-order valence-corrected chi connectivity index (χ0v) is 20.1. The van der Waals surface area contributed by atoms with Crippen molar-refractivity contribution in [3.63, 3.8) is 0 Å². The number of fused-ring (bicyclic) bond motifs is 5. The predicted molar refractivity (Wildman–Crippen MR) is 130 cm³/mol. The SMILES string of the molecule is CC[C@@]1(O)C(=O)OCc2c1cc1n(c2=O)Cc2c-1nc1ccccc1c2COC1C=C[C@H](O)C(CO)O1. The first-order valence-electron chi connectivity index (χ1n) is 12.2. The molecule has 4 atom stereocenters. The molecule has 2 aromatic heterocycles. The number of aliphatic hydroxyl groups excluding tert-OH is 2. The number of para-hydroxylation sites is 1. The van der Waals surface area contributed by atoms with Crippen LogP contribution < -0.4 is 5.56 Å². The van der Waals surface area contributed by atoms with Crippen LogP contribution in [0, 0.1) is 0 Å². The van der Waals surface area contributed by atoms with E-state index in [9.17, 15) is 24.9 Å². The van der Waals surface area contributed by atoms with Gasteiger partial charge in [-0.05, 0) is 30.2 Å². The van der Waals surface area contributed by atoms with E-state index >= 15 is 0 Å². The summed E-state index contributed by atoms with van der Waals surface area (Å²) in [4.78, 5) is 30.8. The summed E-state index contributed by atoms with van der Waals surface area (Å²) in [6.45, 7) is 1.49. The molecule has 192 valence electrons. The van der Waals surface area contributed by atoms with Crippen LogP contribution in [0.5, 0.6) is 0 Å². The first-order chi connectivity index (χ1) is 17.9. The highest BCUT2D eigenvalue weighted by Crippen LogP contribution is 2.40. The van der Waals surface area contributed by atoms with E-state index in [-0.39, 0.29) is 49.5 Å². The molecule has 10 heteroatoms. The lowest BCUT2D eigenvalue weighted by Gasteiger charge is -2.31. The molecular weight excluding hydrogens is 480 g/mol. The summed E-state index contributed by atoms with van der Waals surface area (Å²) >= 11 is 0. The highest BCUT2D eigenvalue weighted by molar-refractivity contribution is 5.89. The van der Waals surface area contributed by atoms with E-state index in [1.807, 2.05) is 24.3 Å². The average Bonchev–Trinajstić information content (AvgIpc) is 3.28. The third-order valence-corrected chi connectivity index (χ3v) is 7.44. The molecule has 0 spiro atoms. The second-order valence-corrected chi connectivity index (χ2v) is 9.45. The lowest BCUT2D eigenvalue weighted by molar-refractivity contribution is -0.184. The molecule has 0 fully saturated rings. The van der Waals surface area contributed by atoms with Crippen molar-refractivity contribution >= 4 is 16.9 Å². The Bertz CT molecular complexity index is 1510. The molecule has 10 nitrogen and oxygen atoms in total. The summed E-state index contributed by atoms with van der Waals surface area (Å²) in [6.07, 6.45) is 0.715. The van der Waals surface area contributed by atoms with Gasteiger partial charge < -0.3 is 34.1 Å². The molecule has 0 bridgehead atoms. The minimum absolute atomic E-state index is 0.0667. The summed E-state index contributed by atoms with van der Waals surface area (Å²) in [5.74, 6) is -0.766. The predicted octanol–water partition coefficient (Wildman–Crippen LogP) is 1.23. The Morgan fingerprint density at radius 1 is 1.22 bits per heavy atom. The number of benzene rings is 1. The molecule has 0 amide bonds. The molecule has 0 aliphatic carbocycles. The van der Waals surface area contributed by atoms with Crippen molar-refractivity contribution in [1.29, 1.82) is 0 Å². The van der Waals surface area contributed by atoms with Gasteiger partial charge in [-0.15, -0.1) is 0 Å². The lowest BCUT2D eigenvalue weighted by atomic mass is 9.86. The van der Waals surface area contributed by atoms with Crippen molar-refractivity contribution < 1.29 is 34.3 Å². The minimum Gasteiger partial charge on any atom is -0.458 e. The van der Waals surface area contributed by atoms with E-state index in [1.54, 1.807) is 23.6 Å². The largest absolute Gasteiger partial charge is 0.458 e. The normalized spacial score (nSPS) is 26.1. The lowest BCUT2D eigenvalue weighted by Crippen LogP contribution is -2.44. The van der Waals surface area contributed by atoms with Gasteiger partial charge in [0.1, 0.15) is 18.8 Å². The molecule has 3 aliphatic heterocycles. The molecule has 2 unspecified atom stereocenters. The van der Waals surface area contributed by atoms with Gasteiger partial charge in [0.2, 0.25) is 0 Å². The number of esters is 1. The molecular formula is C27H26N2O8. The van der Waals surface area contributed by atoms with Crippen LogP contribution in [0.25, 0.3) is 22.3 Å². The number of hydrogen-bond acceptors (Lipinski definition) is 9. The molecule has 0 saturated carbocycles. The second kappa shape index (κ2) is 8.86. The van der Waals surface area contributed by atoms with E-state index in [4.69, 9.17) is 19.2 Å². The van der Waals surface area contributed by atoms with Crippen molar-refractivity contribution in [2.75, 3.05) is 6.61 Å². The first-order valence-corrected chi connectivity index (χ1v) is 12.2. The Labute approximate surface area is 211 Å². The van der Waals surface area contributed by atoms with E-state index in [2.05, 4.69) is 0 Å². The molecule has 0 saturated heterocycles. The maximum Gasteiger partial charge on any atom is 0.343 e. The molecule has 0 radical (unpaired) electrons. The van der Waals surface area contributed by atoms with E-state index in [0.29, 0.717) is 16.9 Å². The van der Waals surface area contributed by atoms with E-state index < -0.39 is 30.1 Å². The fourth-order valence-corrected chi connectivity index (χ4v) is 5.32. The standard InChI is InChI=1S/C27H26N2O8/c1-2-27(34)18-9-20-24-15(10-29(20)25(32)17(18)13-36-26(27)33)16(14-5-3-4-6-19(14)28-24)12-35-23-8-7-21(31)22(11-30)37-23/h3-9,21-23,30-31,34H,2,10-13H2,1H3/t21-,22?,23?,27-/m0/s1. The summed E-state index contributed by atoms with van der Waals surface area (Å²) in [5.41, 5.74) is 1.71. The zero-order chi connectivity index (χ0) is 25.9. The van der Waals surface area contributed by atoms with Crippen molar-refractivity contribution in [2.24, 2.45) is 0 Å². The van der Waals surface area contributed by atoms with Gasteiger partial charge in [-0.2, -0.15) is 0 Å². The average molecular weight is 507 g/mol. The number of carbonyl (C=O) groups excluding carboxylic acids is 1. The molecule has 3 aliphatic rings. The van der Waals surface area contributed by atoms with Crippen LogP contribution in [-0.2, 0) is 44.4 Å². The van der Waals surface area contributed by atoms with E-state index in [1.165, 1.54) is 6.08 Å². The molecule has 1 aromatic carbocycles. The van der Waals surface area contributed by atoms with Gasteiger partial charge in [-0.25, -0.2) is 9.78 Å². The highest BCUT2D eigenvalue weighted by Gasteiger charge is 2.45. The Kier molecular flexibility index (Phi) is 5.74. The van der Waals surface area contributed by atoms with Gasteiger partial charge in [-0.1, -0.05) is 31.2 Å². The summed E-state index contributed by atoms with van der Waals surface area (Å²) < 4.78 is 18.4. The fraction of sp³-hybridized carbons (Fsp3) is 0.370. The number of nitrogens with zero attached hydrogens (tertiary/aromatic N) is 2. The first kappa shape index (κ1) is 24.0. The van der Waals surface area contributed by atoms with Crippen LogP contribution in [-0.4, -0.2) is 55.9 Å². The highest BCUT2D eigenvalue weighted by atomic mass is 16.7. The van der Waals surface area contributed by atoms with Gasteiger partial charge in [0.05, 0.1) is 42.2 Å². The smallest absolute Gasteiger partial charge is 0.343 e. The number of cyclic esters (lactones) is 1. The molecule has 5 heterocycles. The number of hydrogen-bond donors (Lipinski definition) is 3. The maximum absolute atomic E-state index is 13.5. The van der Waals surface area contributed by atoms with Crippen molar-refractivity contribution in [1.82, 2.24) is 9.55 Å². The van der Waals surface area contributed by atoms with Crippen LogP contribution >= 0.6 is 0 Å². The van der Waals surface area contributed by atoms with Crippen LogP contribution in [0.3, 0.4) is 0 Å². The van der Waals surface area contributed by atoms with E-state index in [0.717, 1.165) is 16.5 Å². The molecule has 3 aromatic rings. The topological polar surface area (TPSA) is 140 Å². The van der Waals surface area contributed by atoms with Gasteiger partial charge in [-0.3, -0.25) is 4.79 Å². The number of pyridine rings is 2. The minimum atomic E-state index is -1.90. The van der Waals surface area contributed by atoms with Crippen LogP contribution in [0.2, 0.25) is 0 Å². The number of aromatic nitrogens is 2. The van der Waals surface area contributed by atoms with Crippen molar-refractivity contribution in [2.45, 2.75) is 57.2 Å². The second-order valence-electron chi connectivity index (χ2n) is 9.45. The number of rotatable bonds is 5. The zero-order valence-electron chi connectivity index (χ0n) is 20.1. The van der Waals surface area contributed by atoms with Crippen molar-refractivity contribution in [3.05, 3.63) is 75.1 Å². The van der Waals surface area contributed by atoms with Gasteiger partial charge in [0, 0.05) is 16.5 Å². The molecule has 3 N–H and O–H groups in total. The molecule has 6 rings (SSSR count). The van der Waals surface area contributed by atoms with Crippen LogP contribution in [0.15, 0.2) is 47.3 Å². The van der Waals surface area contributed by atoms with Crippen LogP contribution in [0.4, 0.5) is 0 Å².